The fraction of sp³-hybridized carbons (Fsp3) is 0.208. The van der Waals surface area contributed by atoms with E-state index in [0.717, 1.165) is 22.6 Å². The maximum Gasteiger partial charge on any atom is 0.118 e. The van der Waals surface area contributed by atoms with E-state index < -0.39 is 0 Å². The predicted octanol–water partition coefficient (Wildman–Crippen LogP) is 5.41. The summed E-state index contributed by atoms with van der Waals surface area (Å²) in [6.07, 6.45) is 12.8. The van der Waals surface area contributed by atoms with Gasteiger partial charge in [0, 0.05) is 43.1 Å². The number of nitrogens with zero attached hydrogens (tertiary/aromatic N) is 4. The van der Waals surface area contributed by atoms with Crippen molar-refractivity contribution in [1.29, 1.82) is 0 Å². The van der Waals surface area contributed by atoms with Gasteiger partial charge >= 0.3 is 0 Å². The summed E-state index contributed by atoms with van der Waals surface area (Å²) in [5.41, 5.74) is 4.37. The van der Waals surface area contributed by atoms with Gasteiger partial charge < -0.3 is 9.72 Å². The highest BCUT2D eigenvalue weighted by atomic mass is 15.0. The van der Waals surface area contributed by atoms with Crippen LogP contribution in [0, 0.1) is 0 Å². The quantitative estimate of drug-likeness (QED) is 0.435. The third-order valence-corrected chi connectivity index (χ3v) is 3.84. The Morgan fingerprint density at radius 1 is 1.17 bits per heavy atom. The largest absolute Gasteiger partial charge is 0.355 e. The third-order valence-electron chi connectivity index (χ3n) is 3.84. The lowest BCUT2D eigenvalue weighted by molar-refractivity contribution is 0.955. The van der Waals surface area contributed by atoms with E-state index in [1.54, 1.807) is 30.9 Å². The Labute approximate surface area is 173 Å². The number of nitrogens with one attached hydrogen (secondary N) is 1. The lowest BCUT2D eigenvalue weighted by Gasteiger charge is -2.07. The first-order valence-corrected chi connectivity index (χ1v) is 9.75. The average Bonchev–Trinajstić information content (AvgIpc) is 3.08. The summed E-state index contributed by atoms with van der Waals surface area (Å²) in [6.45, 7) is 14.2. The Hall–Kier alpha value is -3.47. The maximum absolute atomic E-state index is 4.82. The van der Waals surface area contributed by atoms with E-state index in [-0.39, 0.29) is 0 Å². The van der Waals surface area contributed by atoms with Crippen LogP contribution in [0.25, 0.3) is 11.2 Å². The van der Waals surface area contributed by atoms with Crippen molar-refractivity contribution in [1.82, 2.24) is 19.7 Å². The normalized spacial score (nSPS) is 10.9. The molecule has 0 amide bonds. The monoisotopic (exact) mass is 387 g/mol. The molecule has 150 valence electrons. The molecule has 0 fully saturated rings. The number of pyridine rings is 2. The number of hydrogen-bond donors (Lipinski definition) is 1. The second kappa shape index (κ2) is 11.4. The summed E-state index contributed by atoms with van der Waals surface area (Å²) < 4.78 is 2.09. The smallest absolute Gasteiger partial charge is 0.118 e. The van der Waals surface area contributed by atoms with Crippen LogP contribution in [0.5, 0.6) is 0 Å². The van der Waals surface area contributed by atoms with E-state index in [9.17, 15) is 0 Å². The number of aromatic nitrogens is 3. The zero-order valence-corrected chi connectivity index (χ0v) is 17.5. The molecule has 1 N–H and O–H groups in total. The topological polar surface area (TPSA) is 54.6 Å². The van der Waals surface area contributed by atoms with Gasteiger partial charge in [-0.1, -0.05) is 39.5 Å². The number of aliphatic imine (C=N–C) groups is 1. The first-order valence-electron chi connectivity index (χ1n) is 9.75. The minimum atomic E-state index is 0.699. The summed E-state index contributed by atoms with van der Waals surface area (Å²) in [4.78, 5) is 12.9. The fourth-order valence-electron chi connectivity index (χ4n) is 2.65. The summed E-state index contributed by atoms with van der Waals surface area (Å²) in [5.74, 6) is 0.946. The molecule has 0 aliphatic carbocycles. The molecular weight excluding hydrogens is 358 g/mol. The lowest BCUT2D eigenvalue weighted by Crippen LogP contribution is -2.09. The van der Waals surface area contributed by atoms with E-state index in [1.165, 1.54) is 6.42 Å². The van der Waals surface area contributed by atoms with Crippen LogP contribution in [0.1, 0.15) is 44.3 Å². The van der Waals surface area contributed by atoms with Gasteiger partial charge in [-0.3, -0.25) is 9.98 Å². The van der Waals surface area contributed by atoms with E-state index >= 15 is 0 Å². The highest BCUT2D eigenvalue weighted by Gasteiger charge is 2.13. The highest BCUT2D eigenvalue weighted by molar-refractivity contribution is 5.75. The van der Waals surface area contributed by atoms with Gasteiger partial charge in [0.05, 0.1) is 11.2 Å². The number of rotatable bonds is 7. The van der Waals surface area contributed by atoms with Crippen molar-refractivity contribution in [2.24, 2.45) is 4.99 Å². The van der Waals surface area contributed by atoms with Crippen molar-refractivity contribution in [3.63, 3.8) is 0 Å². The van der Waals surface area contributed by atoms with Crippen molar-refractivity contribution >= 4 is 17.4 Å². The van der Waals surface area contributed by atoms with Crippen LogP contribution in [0.2, 0.25) is 0 Å². The molecule has 0 saturated heterocycles. The van der Waals surface area contributed by atoms with Gasteiger partial charge in [0.1, 0.15) is 11.5 Å². The molecule has 0 aliphatic rings. The molecule has 0 spiro atoms. The van der Waals surface area contributed by atoms with Gasteiger partial charge in [-0.05, 0) is 42.8 Å². The Kier molecular flexibility index (Phi) is 8.57. The van der Waals surface area contributed by atoms with Crippen LogP contribution in [-0.2, 0) is 6.42 Å². The molecule has 3 aromatic rings. The van der Waals surface area contributed by atoms with Crippen molar-refractivity contribution in [3.8, 4) is 0 Å². The Bertz CT molecular complexity index is 997. The van der Waals surface area contributed by atoms with Gasteiger partial charge in [-0.15, -0.1) is 0 Å². The molecule has 29 heavy (non-hydrogen) atoms. The minimum absolute atomic E-state index is 0.699. The second-order valence-electron chi connectivity index (χ2n) is 6.42. The molecule has 5 heteroatoms. The molecule has 3 aromatic heterocycles. The van der Waals surface area contributed by atoms with Crippen LogP contribution in [0.15, 0.2) is 85.0 Å². The zero-order chi connectivity index (χ0) is 21.1. The molecule has 0 aliphatic heterocycles. The summed E-state index contributed by atoms with van der Waals surface area (Å²) in [7, 11) is 0. The van der Waals surface area contributed by atoms with Gasteiger partial charge in [0.2, 0.25) is 0 Å². The Balaban J connectivity index is 0.000000941. The van der Waals surface area contributed by atoms with Crippen LogP contribution in [-0.4, -0.2) is 20.6 Å². The predicted molar refractivity (Wildman–Crippen MR) is 123 cm³/mol. The first-order chi connectivity index (χ1) is 14.1. The number of allylic oxidation sites excluding steroid dienone is 1. The molecule has 5 nitrogen and oxygen atoms in total. The second-order valence-corrected chi connectivity index (χ2v) is 6.42. The van der Waals surface area contributed by atoms with Gasteiger partial charge in [-0.25, -0.2) is 4.98 Å². The summed E-state index contributed by atoms with van der Waals surface area (Å²) >= 11 is 0. The maximum atomic E-state index is 4.82. The fourth-order valence-corrected chi connectivity index (χ4v) is 2.65. The van der Waals surface area contributed by atoms with E-state index in [4.69, 9.17) is 4.98 Å². The molecule has 0 unspecified atom stereocenters. The van der Waals surface area contributed by atoms with Crippen molar-refractivity contribution in [2.75, 3.05) is 0 Å². The lowest BCUT2D eigenvalue weighted by atomic mass is 10.2. The molecule has 0 radical (unpaired) electrons. The SMILES string of the molecule is C=C(/C=C\N=CC)NC(=C)c1nc(Cc2ccncc2)n2ccccc12.CCC. The van der Waals surface area contributed by atoms with Gasteiger partial charge in [-0.2, -0.15) is 0 Å². The van der Waals surface area contributed by atoms with Crippen molar-refractivity contribution < 1.29 is 0 Å². The van der Waals surface area contributed by atoms with E-state index in [2.05, 4.69) is 46.7 Å². The summed E-state index contributed by atoms with van der Waals surface area (Å²) in [6, 6.07) is 10.0. The Morgan fingerprint density at radius 2 is 1.90 bits per heavy atom. The Morgan fingerprint density at radius 3 is 2.59 bits per heavy atom. The van der Waals surface area contributed by atoms with Crippen LogP contribution >= 0.6 is 0 Å². The van der Waals surface area contributed by atoms with Crippen LogP contribution in [0.3, 0.4) is 0 Å². The highest BCUT2D eigenvalue weighted by Crippen LogP contribution is 2.21. The number of fused-ring (bicyclic) bond motifs is 1. The molecule has 0 bridgehead atoms. The summed E-state index contributed by atoms with van der Waals surface area (Å²) in [5, 5.41) is 3.19. The van der Waals surface area contributed by atoms with Crippen LogP contribution in [0.4, 0.5) is 0 Å². The van der Waals surface area contributed by atoms with E-state index in [1.807, 2.05) is 43.5 Å². The van der Waals surface area contributed by atoms with E-state index in [0.29, 0.717) is 17.8 Å². The molecule has 0 saturated carbocycles. The van der Waals surface area contributed by atoms with Gasteiger partial charge in [0.25, 0.3) is 0 Å². The minimum Gasteiger partial charge on any atom is -0.355 e. The molecule has 0 atom stereocenters. The zero-order valence-electron chi connectivity index (χ0n) is 17.5. The molecule has 3 heterocycles. The third kappa shape index (κ3) is 6.28. The standard InChI is InChI=1S/C21H21N5.C3H8/c1-4-22-11-8-16(2)24-17(3)21-19-7-5-6-14-26(19)20(25-21)15-18-9-12-23-13-10-18;1-3-2/h4-14,24H,2-3,15H2,1H3;3H2,1-2H3/b11-8-,22-4?;. The molecule has 0 aromatic carbocycles. The van der Waals surface area contributed by atoms with Crippen molar-refractivity contribution in [2.45, 2.75) is 33.6 Å². The molecular formula is C24H29N5. The molecule has 3 rings (SSSR count). The number of hydrogen-bond acceptors (Lipinski definition) is 4. The first kappa shape index (κ1) is 21.8. The van der Waals surface area contributed by atoms with Gasteiger partial charge in [0.15, 0.2) is 0 Å². The number of imidazole rings is 1. The van der Waals surface area contributed by atoms with Crippen molar-refractivity contribution in [3.05, 3.63) is 97.1 Å². The van der Waals surface area contributed by atoms with Crippen LogP contribution < -0.4 is 5.32 Å². The average molecular weight is 388 g/mol.